The van der Waals surface area contributed by atoms with Gasteiger partial charge in [-0.3, -0.25) is 4.84 Å². The van der Waals surface area contributed by atoms with Gasteiger partial charge in [-0.05, 0) is 66.2 Å². The van der Waals surface area contributed by atoms with Crippen molar-refractivity contribution < 1.29 is 9.94 Å². The van der Waals surface area contributed by atoms with E-state index in [2.05, 4.69) is 12.4 Å². The lowest BCUT2D eigenvalue weighted by Crippen LogP contribution is -2.50. The molecule has 4 nitrogen and oxygen atoms in total. The Labute approximate surface area is 111 Å². The van der Waals surface area contributed by atoms with E-state index in [4.69, 9.17) is 10.6 Å². The van der Waals surface area contributed by atoms with Gasteiger partial charge >= 0.3 is 0 Å². The van der Waals surface area contributed by atoms with Crippen LogP contribution in [-0.4, -0.2) is 28.4 Å². The molecule has 1 aliphatic carbocycles. The molecule has 4 N–H and O–H groups in total. The highest BCUT2D eigenvalue weighted by Gasteiger charge is 2.37. The van der Waals surface area contributed by atoms with Gasteiger partial charge in [-0.15, -0.1) is 0 Å². The molecule has 0 bridgehead atoms. The van der Waals surface area contributed by atoms with E-state index >= 15 is 0 Å². The Morgan fingerprint density at radius 2 is 2.00 bits per heavy atom. The fourth-order valence-electron chi connectivity index (χ4n) is 2.26. The van der Waals surface area contributed by atoms with Gasteiger partial charge in [0.1, 0.15) is 5.60 Å². The number of nitrogens with two attached hydrogens (primary N) is 1. The van der Waals surface area contributed by atoms with Crippen LogP contribution >= 0.6 is 0 Å². The van der Waals surface area contributed by atoms with E-state index in [1.807, 2.05) is 13.8 Å². The minimum atomic E-state index is -0.872. The molecule has 4 heteroatoms. The van der Waals surface area contributed by atoms with Crippen molar-refractivity contribution in [3.63, 3.8) is 0 Å². The average Bonchev–Trinajstić information content (AvgIpc) is 2.51. The summed E-state index contributed by atoms with van der Waals surface area (Å²) in [7, 11) is 0. The van der Waals surface area contributed by atoms with Crippen LogP contribution in [0.4, 0.5) is 0 Å². The summed E-state index contributed by atoms with van der Waals surface area (Å²) in [6, 6.07) is 0. The normalized spacial score (nSPS) is 29.8. The zero-order valence-corrected chi connectivity index (χ0v) is 12.5. The summed E-state index contributed by atoms with van der Waals surface area (Å²) in [6.45, 7) is 10.2. The van der Waals surface area contributed by atoms with Crippen molar-refractivity contribution >= 4 is 0 Å². The monoisotopic (exact) mass is 258 g/mol. The second-order valence-corrected chi connectivity index (χ2v) is 7.12. The highest BCUT2D eigenvalue weighted by molar-refractivity contribution is 4.89. The van der Waals surface area contributed by atoms with Crippen molar-refractivity contribution in [2.24, 2.45) is 11.7 Å². The van der Waals surface area contributed by atoms with Crippen molar-refractivity contribution in [2.45, 2.75) is 77.0 Å². The van der Waals surface area contributed by atoms with E-state index in [-0.39, 0.29) is 5.54 Å². The molecule has 0 amide bonds. The summed E-state index contributed by atoms with van der Waals surface area (Å²) in [5.74, 6) is 0.696. The Kier molecular flexibility index (Phi) is 4.81. The van der Waals surface area contributed by atoms with Crippen molar-refractivity contribution in [1.29, 1.82) is 0 Å². The molecule has 0 aliphatic heterocycles. The zero-order chi connectivity index (χ0) is 14.0. The topological polar surface area (TPSA) is 67.5 Å². The van der Waals surface area contributed by atoms with Gasteiger partial charge in [0.15, 0.2) is 0 Å². The van der Waals surface area contributed by atoms with E-state index in [9.17, 15) is 5.11 Å². The van der Waals surface area contributed by atoms with E-state index in [1.54, 1.807) is 13.8 Å². The van der Waals surface area contributed by atoms with Gasteiger partial charge in [0.25, 0.3) is 0 Å². The first-order chi connectivity index (χ1) is 8.04. The third kappa shape index (κ3) is 4.50. The minimum absolute atomic E-state index is 0.0257. The summed E-state index contributed by atoms with van der Waals surface area (Å²) in [6.07, 6.45) is 4.51. The van der Waals surface area contributed by atoms with Crippen molar-refractivity contribution in [1.82, 2.24) is 5.48 Å². The smallest absolute Gasteiger partial charge is 0.112 e. The number of hydrogen-bond acceptors (Lipinski definition) is 4. The lowest BCUT2D eigenvalue weighted by atomic mass is 9.90. The number of hydrogen-bond donors (Lipinski definition) is 3. The molecule has 0 spiro atoms. The molecular weight excluding hydrogens is 228 g/mol. The minimum Gasteiger partial charge on any atom is -0.387 e. The summed E-state index contributed by atoms with van der Waals surface area (Å²) in [4.78, 5) is 5.57. The molecular formula is C14H30N2O2. The largest absolute Gasteiger partial charge is 0.387 e. The second-order valence-electron chi connectivity index (χ2n) is 7.12. The molecule has 0 heterocycles. The SMILES string of the molecule is CC1(N)CCC(CCNOC(C)(C)C(C)(C)O)C1. The third-order valence-corrected chi connectivity index (χ3v) is 4.33. The summed E-state index contributed by atoms with van der Waals surface area (Å²) in [5.41, 5.74) is 7.65. The Morgan fingerprint density at radius 3 is 2.44 bits per heavy atom. The first kappa shape index (κ1) is 15.9. The summed E-state index contributed by atoms with van der Waals surface area (Å²) >= 11 is 0. The quantitative estimate of drug-likeness (QED) is 0.503. The molecule has 108 valence electrons. The van der Waals surface area contributed by atoms with Gasteiger partial charge in [0.2, 0.25) is 0 Å². The van der Waals surface area contributed by atoms with Gasteiger partial charge < -0.3 is 10.8 Å². The first-order valence-electron chi connectivity index (χ1n) is 6.96. The maximum atomic E-state index is 9.94. The molecule has 1 aliphatic rings. The molecule has 18 heavy (non-hydrogen) atoms. The van der Waals surface area contributed by atoms with E-state index in [0.717, 1.165) is 25.8 Å². The highest BCUT2D eigenvalue weighted by atomic mass is 16.7. The van der Waals surface area contributed by atoms with E-state index in [0.29, 0.717) is 5.92 Å². The van der Waals surface area contributed by atoms with Crippen LogP contribution in [0.2, 0.25) is 0 Å². The van der Waals surface area contributed by atoms with Gasteiger partial charge in [0, 0.05) is 12.1 Å². The standard InChI is InChI=1S/C14H30N2O2/c1-12(2,17)13(3,4)18-16-9-7-11-6-8-14(5,15)10-11/h11,16-17H,6-10,15H2,1-5H3. The first-order valence-corrected chi connectivity index (χ1v) is 6.96. The van der Waals surface area contributed by atoms with Crippen molar-refractivity contribution in [2.75, 3.05) is 6.54 Å². The molecule has 0 radical (unpaired) electrons. The lowest BCUT2D eigenvalue weighted by Gasteiger charge is -2.36. The van der Waals surface area contributed by atoms with E-state index in [1.165, 1.54) is 6.42 Å². The Hall–Kier alpha value is -0.160. The summed E-state index contributed by atoms with van der Waals surface area (Å²) < 4.78 is 0. The molecule has 1 rings (SSSR count). The molecule has 1 fully saturated rings. The second kappa shape index (κ2) is 5.45. The average molecular weight is 258 g/mol. The van der Waals surface area contributed by atoms with Crippen LogP contribution in [0.15, 0.2) is 0 Å². The Balaban J connectivity index is 2.20. The highest BCUT2D eigenvalue weighted by Crippen LogP contribution is 2.34. The van der Waals surface area contributed by atoms with Crippen LogP contribution in [0.5, 0.6) is 0 Å². The molecule has 2 atom stereocenters. The van der Waals surface area contributed by atoms with Gasteiger partial charge in [0.05, 0.1) is 5.60 Å². The molecule has 0 aromatic rings. The van der Waals surface area contributed by atoms with Crippen LogP contribution < -0.4 is 11.2 Å². The van der Waals surface area contributed by atoms with Crippen LogP contribution in [0, 0.1) is 5.92 Å². The van der Waals surface area contributed by atoms with Gasteiger partial charge in [-0.2, -0.15) is 0 Å². The van der Waals surface area contributed by atoms with Crippen LogP contribution in [0.25, 0.3) is 0 Å². The predicted molar refractivity (Wildman–Crippen MR) is 74.0 cm³/mol. The van der Waals surface area contributed by atoms with Crippen LogP contribution in [0.3, 0.4) is 0 Å². The Morgan fingerprint density at radius 1 is 1.39 bits per heavy atom. The lowest BCUT2D eigenvalue weighted by molar-refractivity contribution is -0.183. The number of aliphatic hydroxyl groups is 1. The number of rotatable bonds is 6. The van der Waals surface area contributed by atoms with Gasteiger partial charge in [-0.1, -0.05) is 0 Å². The molecule has 0 aromatic carbocycles. The molecule has 1 saturated carbocycles. The number of hydroxylamine groups is 1. The maximum absolute atomic E-state index is 9.94. The van der Waals surface area contributed by atoms with Crippen molar-refractivity contribution in [3.05, 3.63) is 0 Å². The molecule has 0 aromatic heterocycles. The molecule has 2 unspecified atom stereocenters. The van der Waals surface area contributed by atoms with Gasteiger partial charge in [-0.25, -0.2) is 5.48 Å². The molecule has 0 saturated heterocycles. The van der Waals surface area contributed by atoms with Crippen LogP contribution in [0.1, 0.15) is 60.3 Å². The maximum Gasteiger partial charge on any atom is 0.112 e. The zero-order valence-electron chi connectivity index (χ0n) is 12.5. The fourth-order valence-corrected chi connectivity index (χ4v) is 2.26. The predicted octanol–water partition coefficient (Wildman–Crippen LogP) is 1.96. The number of nitrogens with one attached hydrogen (secondary N) is 1. The van der Waals surface area contributed by atoms with Crippen LogP contribution in [-0.2, 0) is 4.84 Å². The fraction of sp³-hybridized carbons (Fsp3) is 1.00. The summed E-state index contributed by atoms with van der Waals surface area (Å²) in [5, 5.41) is 9.94. The van der Waals surface area contributed by atoms with E-state index < -0.39 is 11.2 Å². The third-order valence-electron chi connectivity index (χ3n) is 4.33. The Bertz CT molecular complexity index is 269. The van der Waals surface area contributed by atoms with Crippen molar-refractivity contribution in [3.8, 4) is 0 Å².